The molecule has 1 aromatic carbocycles. The van der Waals surface area contributed by atoms with Crippen molar-refractivity contribution in [1.82, 2.24) is 15.6 Å². The Morgan fingerprint density at radius 3 is 2.62 bits per heavy atom. The summed E-state index contributed by atoms with van der Waals surface area (Å²) in [5, 5.41) is 8.00. The van der Waals surface area contributed by atoms with Crippen molar-refractivity contribution >= 4 is 41.3 Å². The number of thiazole rings is 1. The number of hydrogen-bond acceptors (Lipinski definition) is 5. The minimum absolute atomic E-state index is 0. The number of halogens is 1. The number of guanidine groups is 1. The van der Waals surface area contributed by atoms with Crippen LogP contribution in [-0.4, -0.2) is 44.4 Å². The highest BCUT2D eigenvalue weighted by Gasteiger charge is 2.10. The van der Waals surface area contributed by atoms with Gasteiger partial charge in [0, 0.05) is 43.3 Å². The summed E-state index contributed by atoms with van der Waals surface area (Å²) < 4.78 is 10.6. The molecule has 0 aliphatic heterocycles. The molecule has 0 saturated carbocycles. The zero-order valence-corrected chi connectivity index (χ0v) is 20.9. The van der Waals surface area contributed by atoms with Crippen molar-refractivity contribution in [1.29, 1.82) is 0 Å². The first kappa shape index (κ1) is 25.6. The molecule has 2 rings (SSSR count). The lowest BCUT2D eigenvalue weighted by atomic mass is 10.2. The number of benzene rings is 1. The summed E-state index contributed by atoms with van der Waals surface area (Å²) in [6.07, 6.45) is 2.87. The normalized spacial score (nSPS) is 12.2. The Bertz CT molecular complexity index is 722. The summed E-state index contributed by atoms with van der Waals surface area (Å²) in [5.74, 6) is 2.00. The number of hydrogen-bond donors (Lipinski definition) is 2. The highest BCUT2D eigenvalue weighted by atomic mass is 127. The van der Waals surface area contributed by atoms with Gasteiger partial charge in [0.2, 0.25) is 0 Å². The Balaban J connectivity index is 0.00000420. The van der Waals surface area contributed by atoms with E-state index in [1.807, 2.05) is 37.4 Å². The lowest BCUT2D eigenvalue weighted by Crippen LogP contribution is -2.39. The van der Waals surface area contributed by atoms with Gasteiger partial charge in [0.1, 0.15) is 5.75 Å². The first-order valence-corrected chi connectivity index (χ1v) is 10.6. The Morgan fingerprint density at radius 2 is 2.00 bits per heavy atom. The minimum atomic E-state index is 0. The fraction of sp³-hybridized carbons (Fsp3) is 0.524. The summed E-state index contributed by atoms with van der Waals surface area (Å²) in [6, 6.07) is 7.99. The lowest BCUT2D eigenvalue weighted by molar-refractivity contribution is 0.145. The van der Waals surface area contributed by atoms with E-state index in [2.05, 4.69) is 29.5 Å². The summed E-state index contributed by atoms with van der Waals surface area (Å²) in [6.45, 7) is 10.00. The highest BCUT2D eigenvalue weighted by molar-refractivity contribution is 14.0. The second-order valence-corrected chi connectivity index (χ2v) is 7.85. The Morgan fingerprint density at radius 1 is 1.24 bits per heavy atom. The van der Waals surface area contributed by atoms with Crippen molar-refractivity contribution < 1.29 is 9.47 Å². The number of nitrogens with one attached hydrogen (secondary N) is 2. The maximum absolute atomic E-state index is 5.41. The molecule has 2 N–H and O–H groups in total. The molecule has 0 aliphatic carbocycles. The van der Waals surface area contributed by atoms with Crippen LogP contribution in [0.2, 0.25) is 0 Å². The average Bonchev–Trinajstić information content (AvgIpc) is 3.16. The SMILES string of the molecule is CCOCCCNC(=NCc1ccc(OC)cc1)NCC(C)c1ncc(C)s1.I. The summed E-state index contributed by atoms with van der Waals surface area (Å²) in [4.78, 5) is 10.5. The molecule has 1 heterocycles. The van der Waals surface area contributed by atoms with Gasteiger partial charge in [0.25, 0.3) is 0 Å². The zero-order valence-electron chi connectivity index (χ0n) is 17.7. The van der Waals surface area contributed by atoms with Crippen LogP contribution in [0.5, 0.6) is 5.75 Å². The van der Waals surface area contributed by atoms with E-state index in [9.17, 15) is 0 Å². The number of aromatic nitrogens is 1. The predicted molar refractivity (Wildman–Crippen MR) is 132 cm³/mol. The van der Waals surface area contributed by atoms with Crippen LogP contribution in [-0.2, 0) is 11.3 Å². The van der Waals surface area contributed by atoms with Crippen molar-refractivity contribution in [2.24, 2.45) is 4.99 Å². The molecule has 1 atom stereocenters. The third-order valence-electron chi connectivity index (χ3n) is 4.18. The number of aryl methyl sites for hydroxylation is 1. The standard InChI is InChI=1S/C21H32N4O2S.HI/c1-5-27-12-6-11-22-21(24-13-16(2)20-23-14-17(3)28-20)25-15-18-7-9-19(26-4)10-8-18;/h7-10,14,16H,5-6,11-13,15H2,1-4H3,(H2,22,24,25);1H. The molecule has 6 nitrogen and oxygen atoms in total. The van der Waals surface area contributed by atoms with E-state index in [-0.39, 0.29) is 24.0 Å². The Labute approximate surface area is 195 Å². The quantitative estimate of drug-likeness (QED) is 0.195. The maximum atomic E-state index is 5.41. The molecule has 0 amide bonds. The van der Waals surface area contributed by atoms with Crippen molar-refractivity contribution in [3.05, 3.63) is 45.9 Å². The van der Waals surface area contributed by atoms with Gasteiger partial charge >= 0.3 is 0 Å². The first-order chi connectivity index (χ1) is 13.6. The molecule has 0 fully saturated rings. The highest BCUT2D eigenvalue weighted by Crippen LogP contribution is 2.20. The molecule has 0 radical (unpaired) electrons. The van der Waals surface area contributed by atoms with Gasteiger partial charge in [-0.1, -0.05) is 19.1 Å². The third kappa shape index (κ3) is 9.77. The van der Waals surface area contributed by atoms with Gasteiger partial charge in [-0.3, -0.25) is 0 Å². The van der Waals surface area contributed by atoms with E-state index in [1.54, 1.807) is 18.4 Å². The van der Waals surface area contributed by atoms with Gasteiger partial charge in [-0.15, -0.1) is 35.3 Å². The molecule has 29 heavy (non-hydrogen) atoms. The number of aliphatic imine (C=N–C) groups is 1. The van der Waals surface area contributed by atoms with Crippen molar-refractivity contribution in [3.63, 3.8) is 0 Å². The van der Waals surface area contributed by atoms with Crippen LogP contribution in [0.3, 0.4) is 0 Å². The monoisotopic (exact) mass is 532 g/mol. The molecular formula is C21H33IN4O2S. The van der Waals surface area contributed by atoms with Gasteiger partial charge in [0.15, 0.2) is 5.96 Å². The van der Waals surface area contributed by atoms with Crippen LogP contribution < -0.4 is 15.4 Å². The largest absolute Gasteiger partial charge is 0.497 e. The first-order valence-electron chi connectivity index (χ1n) is 9.77. The number of ether oxygens (including phenoxy) is 2. The van der Waals surface area contributed by atoms with E-state index in [0.717, 1.165) is 55.0 Å². The van der Waals surface area contributed by atoms with Crippen LogP contribution in [0, 0.1) is 6.92 Å². The van der Waals surface area contributed by atoms with Crippen molar-refractivity contribution in [3.8, 4) is 5.75 Å². The number of methoxy groups -OCH3 is 1. The fourth-order valence-electron chi connectivity index (χ4n) is 2.54. The number of nitrogens with zero attached hydrogens (tertiary/aromatic N) is 2. The summed E-state index contributed by atoms with van der Waals surface area (Å²) >= 11 is 1.75. The molecule has 0 aliphatic rings. The van der Waals surface area contributed by atoms with E-state index in [4.69, 9.17) is 14.5 Å². The van der Waals surface area contributed by atoms with E-state index in [1.165, 1.54) is 4.88 Å². The van der Waals surface area contributed by atoms with Crippen LogP contribution >= 0.6 is 35.3 Å². The molecule has 1 unspecified atom stereocenters. The zero-order chi connectivity index (χ0) is 20.2. The van der Waals surface area contributed by atoms with E-state index >= 15 is 0 Å². The van der Waals surface area contributed by atoms with Crippen molar-refractivity contribution in [2.45, 2.75) is 39.7 Å². The van der Waals surface area contributed by atoms with Crippen LogP contribution in [0.15, 0.2) is 35.5 Å². The van der Waals surface area contributed by atoms with Gasteiger partial charge in [-0.2, -0.15) is 0 Å². The molecule has 0 saturated heterocycles. The van der Waals surface area contributed by atoms with Crippen LogP contribution in [0.4, 0.5) is 0 Å². The number of rotatable bonds is 11. The van der Waals surface area contributed by atoms with E-state index in [0.29, 0.717) is 12.5 Å². The van der Waals surface area contributed by atoms with Gasteiger partial charge in [0.05, 0.1) is 18.7 Å². The summed E-state index contributed by atoms with van der Waals surface area (Å²) in [5.41, 5.74) is 1.14. The topological polar surface area (TPSA) is 67.8 Å². The molecule has 8 heteroatoms. The van der Waals surface area contributed by atoms with Gasteiger partial charge in [-0.25, -0.2) is 9.98 Å². The fourth-order valence-corrected chi connectivity index (χ4v) is 3.36. The summed E-state index contributed by atoms with van der Waals surface area (Å²) in [7, 11) is 1.67. The molecule has 0 bridgehead atoms. The second kappa shape index (κ2) is 14.6. The Hall–Kier alpha value is -1.39. The smallest absolute Gasteiger partial charge is 0.191 e. The molecule has 2 aromatic rings. The van der Waals surface area contributed by atoms with Crippen LogP contribution in [0.1, 0.15) is 41.6 Å². The van der Waals surface area contributed by atoms with Gasteiger partial charge in [-0.05, 0) is 38.0 Å². The maximum Gasteiger partial charge on any atom is 0.191 e. The lowest BCUT2D eigenvalue weighted by Gasteiger charge is -2.15. The van der Waals surface area contributed by atoms with Gasteiger partial charge < -0.3 is 20.1 Å². The molecule has 162 valence electrons. The molecule has 1 aromatic heterocycles. The predicted octanol–water partition coefficient (Wildman–Crippen LogP) is 4.34. The minimum Gasteiger partial charge on any atom is -0.497 e. The van der Waals surface area contributed by atoms with Crippen LogP contribution in [0.25, 0.3) is 0 Å². The van der Waals surface area contributed by atoms with E-state index < -0.39 is 0 Å². The molecular weight excluding hydrogens is 499 g/mol. The Kier molecular flexibility index (Phi) is 12.9. The second-order valence-electron chi connectivity index (χ2n) is 6.58. The third-order valence-corrected chi connectivity index (χ3v) is 5.32. The van der Waals surface area contributed by atoms with Crippen molar-refractivity contribution in [2.75, 3.05) is 33.4 Å². The molecule has 0 spiro atoms. The average molecular weight is 532 g/mol.